The summed E-state index contributed by atoms with van der Waals surface area (Å²) in [6, 6.07) is -1.47. The number of amides is 6. The molecule has 0 saturated carbocycles. The van der Waals surface area contributed by atoms with Gasteiger partial charge in [-0.15, -0.1) is 0 Å². The first-order chi connectivity index (χ1) is 57.7. The van der Waals surface area contributed by atoms with Gasteiger partial charge in [-0.1, -0.05) is 157 Å². The molecule has 706 valence electrons. The fourth-order valence-corrected chi connectivity index (χ4v) is 10.6. The van der Waals surface area contributed by atoms with Gasteiger partial charge in [0.15, 0.2) is 11.6 Å². The van der Waals surface area contributed by atoms with Gasteiger partial charge in [-0.25, -0.2) is 4.79 Å². The number of nitrogens with two attached hydrogens (primary N) is 1. The number of ether oxygens (including phenoxy) is 8. The van der Waals surface area contributed by atoms with E-state index in [-0.39, 0.29) is 208 Å². The summed E-state index contributed by atoms with van der Waals surface area (Å²) in [5.41, 5.74) is 5.13. The Bertz CT molecular complexity index is 2760. The first-order valence-corrected chi connectivity index (χ1v) is 44.1. The van der Waals surface area contributed by atoms with Crippen molar-refractivity contribution >= 4 is 88.2 Å². The van der Waals surface area contributed by atoms with Crippen LogP contribution in [-0.2, 0) is 110 Å². The summed E-state index contributed by atoms with van der Waals surface area (Å²) >= 11 is 0. The minimum absolute atomic E-state index is 0. The van der Waals surface area contributed by atoms with Crippen LogP contribution in [0, 0.1) is 17.3 Å². The number of carbonyl (C=O) groups excluding carboxylic acids is 11. The summed E-state index contributed by atoms with van der Waals surface area (Å²) in [7, 11) is 0. The number of nitrogens with one attached hydrogen (secondary N) is 6. The molecule has 0 bridgehead atoms. The Morgan fingerprint density at radius 1 is 0.339 bits per heavy atom. The number of carbonyl (C=O) groups is 15. The lowest BCUT2D eigenvalue weighted by atomic mass is 9.92. The summed E-state index contributed by atoms with van der Waals surface area (Å²) in [6.07, 6.45) is 28.0. The molecule has 0 rings (SSSR count). The molecule has 0 radical (unpaired) electrons. The largest absolute Gasteiger partial charge is 1.00 e. The third-order valence-electron chi connectivity index (χ3n) is 18.8. The van der Waals surface area contributed by atoms with Crippen LogP contribution >= 0.6 is 0 Å². The van der Waals surface area contributed by atoms with Crippen molar-refractivity contribution in [2.24, 2.45) is 23.0 Å². The second-order valence-electron chi connectivity index (χ2n) is 31.0. The molecule has 1 unspecified atom stereocenters. The van der Waals surface area contributed by atoms with E-state index in [9.17, 15) is 82.1 Å². The van der Waals surface area contributed by atoms with Crippen molar-refractivity contribution in [1.82, 2.24) is 31.9 Å². The SMILES string of the molecule is CC(=O)C(C)(C)C.CC(=O)[C@@H](C)CCCCNC(=O)CC[C@H](NC(=O)COCCOCCCC(=O)COCCOCCNC(=O)CCCCCCCCCCCCC(=O)O)C(=O)O.CCCCNC(=O)CCC(CC(=O)COCCOCCNC(=O)COCCOCCNC(=O)CCCCCCCCCCCCC(=O)O)C(=O)O.CC[C@H](N)C(C)=O.[H-]. The monoisotopic (exact) mass is 1740 g/mol. The highest BCUT2D eigenvalue weighted by molar-refractivity contribution is 5.86. The topological polar surface area (TPSA) is 509 Å². The number of aliphatic carboxylic acids is 4. The highest BCUT2D eigenvalue weighted by atomic mass is 16.5. The van der Waals surface area contributed by atoms with Crippen LogP contribution in [0.4, 0.5) is 0 Å². The number of hydrogen-bond donors (Lipinski definition) is 11. The number of carboxylic acids is 4. The molecule has 121 heavy (non-hydrogen) atoms. The molecular formula is C87H160N7O27-. The third kappa shape index (κ3) is 93.2. The highest BCUT2D eigenvalue weighted by Crippen LogP contribution is 2.17. The average molecular weight is 1740 g/mol. The van der Waals surface area contributed by atoms with Crippen LogP contribution in [-0.4, -0.2) is 259 Å². The Kier molecular flexibility index (Phi) is 85.5. The van der Waals surface area contributed by atoms with Gasteiger partial charge in [0.2, 0.25) is 35.4 Å². The fourth-order valence-electron chi connectivity index (χ4n) is 10.6. The normalized spacial score (nSPS) is 11.9. The standard InChI is InChI=1S/C40H71N3O13.C36H65N3O12.C6H12O.C5H11NO.H/c1-32(33(2)44)16-13-14-22-41-37(47)21-20-35(40(51)52)43-38(48)31-56-29-26-53-24-15-17-34(45)30-55-28-27-54-25-23-42-36(46)18-11-9-7-5-3-4-6-8-10-12-19-39(49)50;1-2-3-18-37-33(42)17-16-30(36(46)47)27-31(40)28-50-25-23-49-22-20-39-34(43)29-51-26-24-48-21-19-38-32(41)14-12-10-8-6-4-5-7-9-11-13-15-35(44)45;1-5(7)6(2,3)4;1-3-5(6)4(2)7;/h32,35H,3-31H2,1-2H3,(H,41,47)(H,42,46)(H,43,48)(H,49,50)(H,51,52);30H,2-29H2,1H3,(H,37,42)(H,38,41)(H,39,43)(H,44,45)(H,46,47);1-4H3;5H,3,6H2,1-2H3;/q;;;;-1/t32-,35-;;;5-;/m0..0./s1. The first kappa shape index (κ1) is 120. The molecule has 0 aliphatic carbocycles. The second-order valence-corrected chi connectivity index (χ2v) is 31.0. The van der Waals surface area contributed by atoms with E-state index in [1.807, 2.05) is 41.5 Å². The molecular weight excluding hydrogens is 1570 g/mol. The average Bonchev–Trinajstić information content (AvgIpc) is 0.932. The molecule has 0 aromatic rings. The number of ketones is 5. The van der Waals surface area contributed by atoms with Crippen molar-refractivity contribution in [3.8, 4) is 0 Å². The predicted molar refractivity (Wildman–Crippen MR) is 460 cm³/mol. The third-order valence-corrected chi connectivity index (χ3v) is 18.8. The molecule has 6 amide bonds. The molecule has 4 atom stereocenters. The molecule has 0 spiro atoms. The van der Waals surface area contributed by atoms with Crippen LogP contribution in [0.1, 0.15) is 301 Å². The van der Waals surface area contributed by atoms with Gasteiger partial charge in [0.25, 0.3) is 0 Å². The molecule has 0 heterocycles. The summed E-state index contributed by atoms with van der Waals surface area (Å²) < 4.78 is 42.8. The van der Waals surface area contributed by atoms with Crippen LogP contribution in [0.5, 0.6) is 0 Å². The zero-order valence-corrected chi connectivity index (χ0v) is 75.1. The van der Waals surface area contributed by atoms with E-state index in [2.05, 4.69) is 31.9 Å². The van der Waals surface area contributed by atoms with Crippen molar-refractivity contribution < 1.29 is 132 Å². The minimum atomic E-state index is -1.25. The zero-order valence-electron chi connectivity index (χ0n) is 76.1. The lowest BCUT2D eigenvalue weighted by molar-refractivity contribution is -0.145. The van der Waals surface area contributed by atoms with E-state index in [0.29, 0.717) is 84.9 Å². The van der Waals surface area contributed by atoms with E-state index in [1.165, 1.54) is 32.6 Å². The second kappa shape index (κ2) is 86.2. The molecule has 0 aromatic heterocycles. The molecule has 34 nitrogen and oxygen atoms in total. The van der Waals surface area contributed by atoms with Gasteiger partial charge in [-0.2, -0.15) is 0 Å². The Morgan fingerprint density at radius 2 is 0.686 bits per heavy atom. The van der Waals surface area contributed by atoms with E-state index in [0.717, 1.165) is 135 Å². The fraction of sp³-hybridized carbons (Fsp3) is 0.828. The first-order valence-electron chi connectivity index (χ1n) is 44.1. The van der Waals surface area contributed by atoms with Gasteiger partial charge in [-0.3, -0.25) is 67.1 Å². The number of rotatable bonds is 81. The Labute approximate surface area is 722 Å². The maximum Gasteiger partial charge on any atom is 0.326 e. The number of hydrogen-bond acceptors (Lipinski definition) is 24. The zero-order chi connectivity index (χ0) is 91.4. The predicted octanol–water partition coefficient (Wildman–Crippen LogP) is 9.60. The van der Waals surface area contributed by atoms with Crippen molar-refractivity contribution in [3.05, 3.63) is 0 Å². The van der Waals surface area contributed by atoms with Crippen molar-refractivity contribution in [2.45, 2.75) is 312 Å². The number of Topliss-reactive ketones (excluding diaryl/α,β-unsaturated/α-hetero) is 5. The Balaban J connectivity index is -0.000000640. The van der Waals surface area contributed by atoms with Gasteiger partial charge in [-0.05, 0) is 91.4 Å². The lowest BCUT2D eigenvalue weighted by Gasteiger charge is -2.15. The van der Waals surface area contributed by atoms with Gasteiger partial charge in [0.05, 0.1) is 84.6 Å². The van der Waals surface area contributed by atoms with Crippen LogP contribution in [0.3, 0.4) is 0 Å². The van der Waals surface area contributed by atoms with Gasteiger partial charge >= 0.3 is 23.9 Å². The van der Waals surface area contributed by atoms with Gasteiger partial charge < -0.3 is 97.4 Å². The lowest BCUT2D eigenvalue weighted by Crippen LogP contribution is -2.43. The molecule has 12 N–H and O–H groups in total. The van der Waals surface area contributed by atoms with E-state index >= 15 is 0 Å². The van der Waals surface area contributed by atoms with Gasteiger partial charge in [0, 0.05) is 102 Å². The molecule has 0 saturated heterocycles. The van der Waals surface area contributed by atoms with Crippen LogP contribution < -0.4 is 37.6 Å². The van der Waals surface area contributed by atoms with E-state index < -0.39 is 41.7 Å². The Hall–Kier alpha value is -7.31. The van der Waals surface area contributed by atoms with E-state index in [4.69, 9.17) is 53.8 Å². The van der Waals surface area contributed by atoms with Gasteiger partial charge in [0.1, 0.15) is 49.8 Å². The van der Waals surface area contributed by atoms with Crippen LogP contribution in [0.2, 0.25) is 0 Å². The maximum atomic E-state index is 12.1. The summed E-state index contributed by atoms with van der Waals surface area (Å²) in [5, 5.41) is 52.1. The van der Waals surface area contributed by atoms with Crippen molar-refractivity contribution in [1.29, 1.82) is 0 Å². The maximum absolute atomic E-state index is 12.1. The molecule has 0 aromatic carbocycles. The van der Waals surface area contributed by atoms with Crippen molar-refractivity contribution in [3.63, 3.8) is 0 Å². The van der Waals surface area contributed by atoms with Crippen LogP contribution in [0.15, 0.2) is 0 Å². The number of carboxylic acid groups (broad SMARTS) is 4. The summed E-state index contributed by atoms with van der Waals surface area (Å²) in [4.78, 5) is 172. The minimum Gasteiger partial charge on any atom is -1.00 e. The molecule has 0 aliphatic heterocycles. The van der Waals surface area contributed by atoms with E-state index in [1.54, 1.807) is 13.8 Å². The molecule has 0 aliphatic rings. The number of unbranched alkanes of at least 4 members (excludes halogenated alkanes) is 20. The smallest absolute Gasteiger partial charge is 0.326 e. The Morgan fingerprint density at radius 3 is 1.06 bits per heavy atom. The molecule has 34 heteroatoms. The quantitative estimate of drug-likeness (QED) is 0.0252. The van der Waals surface area contributed by atoms with Crippen molar-refractivity contribution in [2.75, 3.05) is 138 Å². The summed E-state index contributed by atoms with van der Waals surface area (Å²) in [5.74, 6) is -6.17. The molecule has 0 fully saturated rings. The highest BCUT2D eigenvalue weighted by Gasteiger charge is 2.24. The summed E-state index contributed by atoms with van der Waals surface area (Å²) in [6.45, 7) is 20.5. The van der Waals surface area contributed by atoms with Crippen LogP contribution in [0.25, 0.3) is 0 Å².